The van der Waals surface area contributed by atoms with E-state index in [1.807, 2.05) is 53.2 Å². The number of thiazole rings is 1. The fraction of sp³-hybridized carbons (Fsp3) is 0.364. The number of aryl methyl sites for hydroxylation is 3. The van der Waals surface area contributed by atoms with E-state index in [0.717, 1.165) is 47.0 Å². The fourth-order valence-corrected chi connectivity index (χ4v) is 4.63. The van der Waals surface area contributed by atoms with E-state index < -0.39 is 0 Å². The van der Waals surface area contributed by atoms with Crippen molar-refractivity contribution in [3.63, 3.8) is 0 Å². The number of nitrogens with zero attached hydrogens (tertiary/aromatic N) is 3. The number of hydrogen-bond donors (Lipinski definition) is 0. The molecule has 0 N–H and O–H groups in total. The summed E-state index contributed by atoms with van der Waals surface area (Å²) in [5.41, 5.74) is 4.88. The third-order valence-electron chi connectivity index (χ3n) is 5.40. The topological polar surface area (TPSA) is 47.4 Å². The molecule has 1 fully saturated rings. The number of methoxy groups -OCH3 is 1. The van der Waals surface area contributed by atoms with E-state index in [0.29, 0.717) is 5.69 Å². The first-order valence-corrected chi connectivity index (χ1v) is 10.4. The first-order valence-electron chi connectivity index (χ1n) is 9.52. The van der Waals surface area contributed by atoms with Crippen molar-refractivity contribution in [1.29, 1.82) is 0 Å². The number of carbonyl (C=O) groups excluding carboxylic acids is 1. The lowest BCUT2D eigenvalue weighted by Gasteiger charge is -2.27. The molecular formula is C22H25N3O2S. The summed E-state index contributed by atoms with van der Waals surface area (Å²) in [6.07, 6.45) is 3.93. The molecule has 0 saturated carbocycles. The molecule has 0 bridgehead atoms. The van der Waals surface area contributed by atoms with Crippen molar-refractivity contribution in [2.24, 2.45) is 7.05 Å². The van der Waals surface area contributed by atoms with Gasteiger partial charge in [-0.2, -0.15) is 0 Å². The number of aromatic nitrogens is 2. The van der Waals surface area contributed by atoms with Gasteiger partial charge in [0, 0.05) is 36.3 Å². The molecule has 5 nitrogen and oxygen atoms in total. The minimum atomic E-state index is 0.0437. The molecule has 2 aromatic heterocycles. The number of ether oxygens (including phenoxy) is 1. The Hall–Kier alpha value is -2.60. The summed E-state index contributed by atoms with van der Waals surface area (Å²) >= 11 is 1.62. The highest BCUT2D eigenvalue weighted by Crippen LogP contribution is 2.38. The second-order valence-corrected chi connectivity index (χ2v) is 8.44. The van der Waals surface area contributed by atoms with Crippen LogP contribution in [0.3, 0.4) is 0 Å². The van der Waals surface area contributed by atoms with Gasteiger partial charge in [-0.15, -0.1) is 11.3 Å². The predicted octanol–water partition coefficient (Wildman–Crippen LogP) is 4.75. The highest BCUT2D eigenvalue weighted by atomic mass is 32.1. The Kier molecular flexibility index (Phi) is 4.98. The van der Waals surface area contributed by atoms with Gasteiger partial charge in [-0.1, -0.05) is 17.7 Å². The second-order valence-electron chi connectivity index (χ2n) is 7.38. The summed E-state index contributed by atoms with van der Waals surface area (Å²) in [6, 6.07) is 8.19. The molecule has 0 radical (unpaired) electrons. The third kappa shape index (κ3) is 3.33. The molecule has 1 saturated heterocycles. The summed E-state index contributed by atoms with van der Waals surface area (Å²) in [7, 11) is 3.61. The number of likely N-dealkylation sites (tertiary alicyclic amines) is 1. The van der Waals surface area contributed by atoms with E-state index in [9.17, 15) is 4.79 Å². The average molecular weight is 396 g/mol. The standard InChI is InChI=1S/C22H25N3O2S/c1-14-7-8-21(27-4)17(10-14)19-6-5-9-25(19)22(26)20-11-16(12-24(20)3)18-13-28-15(2)23-18/h7-8,10-13,19H,5-6,9H2,1-4H3. The van der Waals surface area contributed by atoms with Crippen molar-refractivity contribution in [2.75, 3.05) is 13.7 Å². The van der Waals surface area contributed by atoms with Crippen LogP contribution in [0.1, 0.15) is 45.5 Å². The van der Waals surface area contributed by atoms with Gasteiger partial charge < -0.3 is 14.2 Å². The number of rotatable bonds is 4. The van der Waals surface area contributed by atoms with Crippen molar-refractivity contribution < 1.29 is 9.53 Å². The van der Waals surface area contributed by atoms with E-state index in [-0.39, 0.29) is 11.9 Å². The van der Waals surface area contributed by atoms with Gasteiger partial charge in [0.05, 0.1) is 23.9 Å². The van der Waals surface area contributed by atoms with Crippen LogP contribution in [0.5, 0.6) is 5.75 Å². The van der Waals surface area contributed by atoms with Crippen molar-refractivity contribution in [2.45, 2.75) is 32.7 Å². The Morgan fingerprint density at radius 3 is 2.82 bits per heavy atom. The van der Waals surface area contributed by atoms with E-state index >= 15 is 0 Å². The summed E-state index contributed by atoms with van der Waals surface area (Å²) < 4.78 is 7.50. The van der Waals surface area contributed by atoms with Gasteiger partial charge in [0.2, 0.25) is 0 Å². The molecule has 1 amide bonds. The smallest absolute Gasteiger partial charge is 0.271 e. The van der Waals surface area contributed by atoms with E-state index in [1.54, 1.807) is 18.4 Å². The minimum Gasteiger partial charge on any atom is -0.496 e. The van der Waals surface area contributed by atoms with Crippen LogP contribution in [-0.2, 0) is 7.05 Å². The van der Waals surface area contributed by atoms with Gasteiger partial charge in [0.25, 0.3) is 5.91 Å². The maximum absolute atomic E-state index is 13.4. The normalized spacial score (nSPS) is 16.6. The van der Waals surface area contributed by atoms with Crippen LogP contribution in [0, 0.1) is 13.8 Å². The lowest BCUT2D eigenvalue weighted by Crippen LogP contribution is -2.32. The average Bonchev–Trinajstić information content (AvgIpc) is 3.40. The van der Waals surface area contributed by atoms with Crippen LogP contribution in [0.15, 0.2) is 35.8 Å². The number of carbonyl (C=O) groups is 1. The second kappa shape index (κ2) is 7.43. The van der Waals surface area contributed by atoms with Crippen LogP contribution in [0.4, 0.5) is 0 Å². The molecule has 6 heteroatoms. The van der Waals surface area contributed by atoms with Gasteiger partial charge in [-0.25, -0.2) is 4.98 Å². The van der Waals surface area contributed by atoms with Crippen molar-refractivity contribution in [3.8, 4) is 17.0 Å². The third-order valence-corrected chi connectivity index (χ3v) is 6.17. The molecule has 1 unspecified atom stereocenters. The van der Waals surface area contributed by atoms with Crippen molar-refractivity contribution in [3.05, 3.63) is 57.7 Å². The first-order chi connectivity index (χ1) is 13.5. The zero-order valence-electron chi connectivity index (χ0n) is 16.7. The summed E-state index contributed by atoms with van der Waals surface area (Å²) in [5, 5.41) is 3.06. The highest BCUT2D eigenvalue weighted by Gasteiger charge is 2.33. The fourth-order valence-electron chi connectivity index (χ4n) is 4.01. The van der Waals surface area contributed by atoms with E-state index in [1.165, 1.54) is 5.56 Å². The summed E-state index contributed by atoms with van der Waals surface area (Å²) in [5.74, 6) is 0.910. The van der Waals surface area contributed by atoms with Crippen LogP contribution in [0.2, 0.25) is 0 Å². The number of hydrogen-bond acceptors (Lipinski definition) is 4. The largest absolute Gasteiger partial charge is 0.496 e. The minimum absolute atomic E-state index is 0.0437. The van der Waals surface area contributed by atoms with E-state index in [4.69, 9.17) is 4.74 Å². The number of amides is 1. The molecule has 0 aliphatic carbocycles. The molecular weight excluding hydrogens is 370 g/mol. The molecule has 1 aromatic carbocycles. The Morgan fingerprint density at radius 2 is 2.11 bits per heavy atom. The Bertz CT molecular complexity index is 1020. The summed E-state index contributed by atoms with van der Waals surface area (Å²) in [4.78, 5) is 20.0. The highest BCUT2D eigenvalue weighted by molar-refractivity contribution is 7.09. The van der Waals surface area contributed by atoms with Gasteiger partial charge in [0.15, 0.2) is 0 Å². The molecule has 1 atom stereocenters. The number of benzene rings is 1. The molecule has 1 aliphatic heterocycles. The Balaban J connectivity index is 1.66. The van der Waals surface area contributed by atoms with Gasteiger partial charge in [-0.3, -0.25) is 4.79 Å². The molecule has 0 spiro atoms. The lowest BCUT2D eigenvalue weighted by atomic mass is 10.0. The van der Waals surface area contributed by atoms with Crippen LogP contribution >= 0.6 is 11.3 Å². The Labute approximate surface area is 169 Å². The monoisotopic (exact) mass is 395 g/mol. The van der Waals surface area contributed by atoms with Gasteiger partial charge >= 0.3 is 0 Å². The van der Waals surface area contributed by atoms with Crippen LogP contribution < -0.4 is 4.74 Å². The predicted molar refractivity (Wildman–Crippen MR) is 112 cm³/mol. The Morgan fingerprint density at radius 1 is 1.29 bits per heavy atom. The SMILES string of the molecule is COc1ccc(C)cc1C1CCCN1C(=O)c1cc(-c2csc(C)n2)cn1C. The summed E-state index contributed by atoms with van der Waals surface area (Å²) in [6.45, 7) is 4.83. The van der Waals surface area contributed by atoms with E-state index in [2.05, 4.69) is 18.0 Å². The molecule has 3 aromatic rings. The zero-order chi connectivity index (χ0) is 19.8. The zero-order valence-corrected chi connectivity index (χ0v) is 17.5. The van der Waals surface area contributed by atoms with Crippen molar-refractivity contribution >= 4 is 17.2 Å². The first kappa shape index (κ1) is 18.7. The molecule has 4 rings (SSSR count). The lowest BCUT2D eigenvalue weighted by molar-refractivity contribution is 0.0724. The van der Waals surface area contributed by atoms with Gasteiger partial charge in [-0.05, 0) is 38.8 Å². The van der Waals surface area contributed by atoms with Crippen LogP contribution in [-0.4, -0.2) is 34.0 Å². The molecule has 1 aliphatic rings. The van der Waals surface area contributed by atoms with Gasteiger partial charge in [0.1, 0.15) is 11.4 Å². The maximum Gasteiger partial charge on any atom is 0.271 e. The van der Waals surface area contributed by atoms with Crippen LogP contribution in [0.25, 0.3) is 11.3 Å². The quantitative estimate of drug-likeness (QED) is 0.640. The molecule has 28 heavy (non-hydrogen) atoms. The molecule has 146 valence electrons. The maximum atomic E-state index is 13.4. The van der Waals surface area contributed by atoms with Crippen molar-refractivity contribution in [1.82, 2.24) is 14.5 Å². The molecule has 3 heterocycles.